The first kappa shape index (κ1) is 29.3. The second-order valence-electron chi connectivity index (χ2n) is 9.85. The summed E-state index contributed by atoms with van der Waals surface area (Å²) in [6.07, 6.45) is 1.27. The van der Waals surface area contributed by atoms with Crippen molar-refractivity contribution in [3.63, 3.8) is 0 Å². The summed E-state index contributed by atoms with van der Waals surface area (Å²) in [4.78, 5) is 31.4. The van der Waals surface area contributed by atoms with Crippen molar-refractivity contribution in [3.05, 3.63) is 81.8 Å². The molecule has 0 spiro atoms. The summed E-state index contributed by atoms with van der Waals surface area (Å²) in [5.74, 6) is -2.14. The van der Waals surface area contributed by atoms with Gasteiger partial charge in [-0.25, -0.2) is 4.98 Å². The number of carbonyl (C=O) groups is 2. The molecule has 0 fully saturated rings. The summed E-state index contributed by atoms with van der Waals surface area (Å²) in [6, 6.07) is 15.2. The summed E-state index contributed by atoms with van der Waals surface area (Å²) in [6.45, 7) is 7.26. The fourth-order valence-electron chi connectivity index (χ4n) is 3.72. The topological polar surface area (TPSA) is 135 Å². The van der Waals surface area contributed by atoms with Gasteiger partial charge in [0.2, 0.25) is 5.91 Å². The minimum Gasteiger partial charge on any atom is -0.459 e. The van der Waals surface area contributed by atoms with E-state index in [-0.39, 0.29) is 12.1 Å². The van der Waals surface area contributed by atoms with Crippen molar-refractivity contribution in [1.29, 1.82) is 0 Å². The zero-order chi connectivity index (χ0) is 27.9. The van der Waals surface area contributed by atoms with Crippen molar-refractivity contribution in [1.82, 2.24) is 10.3 Å². The number of aromatic nitrogens is 1. The number of benzene rings is 2. The lowest BCUT2D eigenvalue weighted by Crippen LogP contribution is -2.42. The maximum Gasteiger partial charge on any atom is 0.357 e. The van der Waals surface area contributed by atoms with Gasteiger partial charge in [0, 0.05) is 5.38 Å². The summed E-state index contributed by atoms with van der Waals surface area (Å²) >= 11 is 1.42. The zero-order valence-corrected chi connectivity index (χ0v) is 23.4. The smallest absolute Gasteiger partial charge is 0.357 e. The predicted octanol–water partition coefficient (Wildman–Crippen LogP) is 4.52. The second-order valence-corrected chi connectivity index (χ2v) is 11.9. The molecule has 0 aliphatic carbocycles. The lowest BCUT2D eigenvalue weighted by molar-refractivity contribution is -0.162. The highest BCUT2D eigenvalue weighted by Gasteiger charge is 2.33. The molecule has 2 aromatic carbocycles. The van der Waals surface area contributed by atoms with Crippen LogP contribution in [0.5, 0.6) is 0 Å². The van der Waals surface area contributed by atoms with E-state index >= 15 is 0 Å². The Balaban J connectivity index is 1.87. The number of rotatable bonds is 11. The standard InChI is InChI=1S/C27H33N3O6S2/c1-5-20-17-37-25(28-20)23(16-19-11-13-21(14-12-19)30-38(33,34)35)29-24(31)22(26(32)36-27(2,3)4)15-18-9-7-6-8-10-18/h6-14,17,22-23,30H,5,15-16H2,1-4H3,(H,29,31)(H,33,34,35)/t22-,23-/m0/s1. The third-order valence-electron chi connectivity index (χ3n) is 5.48. The third-order valence-corrected chi connectivity index (χ3v) is 6.98. The number of nitrogens with one attached hydrogen (secondary N) is 2. The molecular weight excluding hydrogens is 526 g/mol. The normalized spacial score (nSPS) is 13.4. The van der Waals surface area contributed by atoms with Gasteiger partial charge >= 0.3 is 16.3 Å². The highest BCUT2D eigenvalue weighted by atomic mass is 32.2. The number of nitrogens with zero attached hydrogens (tertiary/aromatic N) is 1. The molecule has 3 N–H and O–H groups in total. The molecule has 0 radical (unpaired) electrons. The number of amides is 1. The van der Waals surface area contributed by atoms with Crippen LogP contribution in [0.2, 0.25) is 0 Å². The fraction of sp³-hybridized carbons (Fsp3) is 0.370. The molecule has 0 unspecified atom stereocenters. The Bertz CT molecular complexity index is 1330. The van der Waals surface area contributed by atoms with E-state index in [1.165, 1.54) is 23.5 Å². The molecular formula is C27H33N3O6S2. The number of aryl methyl sites for hydroxylation is 1. The van der Waals surface area contributed by atoms with Gasteiger partial charge < -0.3 is 10.1 Å². The van der Waals surface area contributed by atoms with Crippen molar-refractivity contribution >= 4 is 39.2 Å². The Morgan fingerprint density at radius 1 is 1.03 bits per heavy atom. The molecule has 1 aromatic heterocycles. The van der Waals surface area contributed by atoms with Crippen LogP contribution in [0.25, 0.3) is 0 Å². The van der Waals surface area contributed by atoms with Gasteiger partial charge in [-0.15, -0.1) is 11.3 Å². The molecule has 0 saturated heterocycles. The molecule has 9 nitrogen and oxygen atoms in total. The molecule has 11 heteroatoms. The highest BCUT2D eigenvalue weighted by Crippen LogP contribution is 2.25. The molecule has 204 valence electrons. The number of ether oxygens (including phenoxy) is 1. The van der Waals surface area contributed by atoms with E-state index in [1.54, 1.807) is 32.9 Å². The van der Waals surface area contributed by atoms with Gasteiger partial charge in [-0.3, -0.25) is 18.9 Å². The quantitative estimate of drug-likeness (QED) is 0.179. The molecule has 3 rings (SSSR count). The molecule has 0 bridgehead atoms. The maximum absolute atomic E-state index is 13.6. The lowest BCUT2D eigenvalue weighted by Gasteiger charge is -2.25. The predicted molar refractivity (Wildman–Crippen MR) is 147 cm³/mol. The molecule has 0 saturated carbocycles. The van der Waals surface area contributed by atoms with Crippen molar-refractivity contribution in [2.75, 3.05) is 4.72 Å². The van der Waals surface area contributed by atoms with E-state index in [2.05, 4.69) is 10.3 Å². The van der Waals surface area contributed by atoms with Crippen molar-refractivity contribution in [3.8, 4) is 0 Å². The van der Waals surface area contributed by atoms with E-state index in [4.69, 9.17) is 9.29 Å². The lowest BCUT2D eigenvalue weighted by atomic mass is 9.97. The van der Waals surface area contributed by atoms with E-state index in [0.717, 1.165) is 23.2 Å². The Morgan fingerprint density at radius 3 is 2.21 bits per heavy atom. The van der Waals surface area contributed by atoms with Gasteiger partial charge in [0.25, 0.3) is 0 Å². The average molecular weight is 560 g/mol. The molecule has 0 aliphatic rings. The first-order valence-electron chi connectivity index (χ1n) is 12.2. The van der Waals surface area contributed by atoms with Crippen LogP contribution in [0.4, 0.5) is 5.69 Å². The number of anilines is 1. The van der Waals surface area contributed by atoms with Crippen molar-refractivity contribution < 1.29 is 27.3 Å². The van der Waals surface area contributed by atoms with Crippen LogP contribution in [-0.4, -0.2) is 35.4 Å². The minimum atomic E-state index is -4.39. The summed E-state index contributed by atoms with van der Waals surface area (Å²) < 4.78 is 38.8. The molecule has 1 heterocycles. The summed E-state index contributed by atoms with van der Waals surface area (Å²) in [7, 11) is -4.39. The van der Waals surface area contributed by atoms with Gasteiger partial charge in [0.15, 0.2) is 0 Å². The summed E-state index contributed by atoms with van der Waals surface area (Å²) in [5.41, 5.74) is 1.97. The fourth-order valence-corrected chi connectivity index (χ4v) is 5.10. The van der Waals surface area contributed by atoms with E-state index < -0.39 is 39.7 Å². The van der Waals surface area contributed by atoms with Crippen molar-refractivity contribution in [2.24, 2.45) is 5.92 Å². The SMILES string of the molecule is CCc1csc([C@H](Cc2ccc(NS(=O)(=O)O)cc2)NC(=O)[C@H](Cc2ccccc2)C(=O)OC(C)(C)C)n1. The van der Waals surface area contributed by atoms with Crippen LogP contribution in [-0.2, 0) is 43.9 Å². The molecule has 1 amide bonds. The van der Waals surface area contributed by atoms with Gasteiger partial charge in [-0.2, -0.15) is 8.42 Å². The molecule has 2 atom stereocenters. The number of esters is 1. The van der Waals surface area contributed by atoms with Crippen molar-refractivity contribution in [2.45, 2.75) is 58.6 Å². The second kappa shape index (κ2) is 12.5. The van der Waals surface area contributed by atoms with Gasteiger partial charge in [-0.1, -0.05) is 49.4 Å². The molecule has 3 aromatic rings. The van der Waals surface area contributed by atoms with Gasteiger partial charge in [0.05, 0.1) is 17.4 Å². The zero-order valence-electron chi connectivity index (χ0n) is 21.8. The van der Waals surface area contributed by atoms with Gasteiger partial charge in [0.1, 0.15) is 16.5 Å². The number of hydrogen-bond acceptors (Lipinski definition) is 7. The van der Waals surface area contributed by atoms with E-state index in [9.17, 15) is 18.0 Å². The van der Waals surface area contributed by atoms with E-state index in [0.29, 0.717) is 11.4 Å². The van der Waals surface area contributed by atoms with Crippen LogP contribution in [0, 0.1) is 5.92 Å². The van der Waals surface area contributed by atoms with Gasteiger partial charge in [-0.05, 0) is 63.3 Å². The molecule has 0 aliphatic heterocycles. The Hall–Kier alpha value is -3.28. The number of carbonyl (C=O) groups excluding carboxylic acids is 2. The first-order valence-corrected chi connectivity index (χ1v) is 14.5. The number of thiazole rings is 1. The number of hydrogen-bond donors (Lipinski definition) is 3. The highest BCUT2D eigenvalue weighted by molar-refractivity contribution is 7.87. The Kier molecular flexibility index (Phi) is 9.64. The maximum atomic E-state index is 13.6. The van der Waals surface area contributed by atoms with Crippen LogP contribution >= 0.6 is 11.3 Å². The van der Waals surface area contributed by atoms with Crippen LogP contribution in [0.3, 0.4) is 0 Å². The average Bonchev–Trinajstić information content (AvgIpc) is 3.31. The van der Waals surface area contributed by atoms with E-state index in [1.807, 2.05) is 47.4 Å². The van der Waals surface area contributed by atoms with Crippen LogP contribution < -0.4 is 10.0 Å². The first-order chi connectivity index (χ1) is 17.8. The minimum absolute atomic E-state index is 0.183. The Labute approximate surface area is 227 Å². The third kappa shape index (κ3) is 9.23. The summed E-state index contributed by atoms with van der Waals surface area (Å²) in [5, 5.41) is 5.64. The molecule has 38 heavy (non-hydrogen) atoms. The van der Waals surface area contributed by atoms with Crippen LogP contribution in [0.15, 0.2) is 60.0 Å². The van der Waals surface area contributed by atoms with Crippen LogP contribution in [0.1, 0.15) is 55.6 Å². The monoisotopic (exact) mass is 559 g/mol. The largest absolute Gasteiger partial charge is 0.459 e. The Morgan fingerprint density at radius 2 is 1.66 bits per heavy atom.